The Morgan fingerprint density at radius 2 is 1.56 bits per heavy atom. The highest BCUT2D eigenvalue weighted by molar-refractivity contribution is 5.26. The number of hydrogen-bond acceptors (Lipinski definition) is 1. The van der Waals surface area contributed by atoms with Gasteiger partial charge in [-0.15, -0.1) is 0 Å². The maximum absolute atomic E-state index is 2.62. The molecule has 1 nitrogen and oxygen atoms in total. The number of rotatable bonds is 1. The molecule has 1 unspecified atom stereocenters. The van der Waals surface area contributed by atoms with Gasteiger partial charge in [-0.25, -0.2) is 0 Å². The standard InChI is InChI=1S/C15H21N/c1-11-3-5-12(6-4-11)13-9-14-7-8-15(10-13)16(14)2/h3-6,13-15H,7-10H2,1-2H3/t13-,14+,15?/m0/s1. The fourth-order valence-corrected chi connectivity index (χ4v) is 3.52. The molecule has 0 radical (unpaired) electrons. The average molecular weight is 215 g/mol. The van der Waals surface area contributed by atoms with E-state index < -0.39 is 0 Å². The molecule has 0 saturated carbocycles. The molecule has 0 aromatic heterocycles. The molecule has 2 aliphatic heterocycles. The van der Waals surface area contributed by atoms with Crippen LogP contribution in [0.1, 0.15) is 42.7 Å². The van der Waals surface area contributed by atoms with Crippen LogP contribution in [0.5, 0.6) is 0 Å². The smallest absolute Gasteiger partial charge is 0.0102 e. The molecule has 2 saturated heterocycles. The van der Waals surface area contributed by atoms with E-state index in [0.29, 0.717) is 0 Å². The minimum Gasteiger partial charge on any atom is -0.300 e. The number of fused-ring (bicyclic) bond motifs is 2. The zero-order valence-corrected chi connectivity index (χ0v) is 10.3. The van der Waals surface area contributed by atoms with Crippen molar-refractivity contribution >= 4 is 0 Å². The van der Waals surface area contributed by atoms with Crippen LogP contribution in [0.25, 0.3) is 0 Å². The lowest BCUT2D eigenvalue weighted by molar-refractivity contribution is 0.161. The lowest BCUT2D eigenvalue weighted by Crippen LogP contribution is -2.39. The molecule has 2 fully saturated rings. The first kappa shape index (κ1) is 10.3. The lowest BCUT2D eigenvalue weighted by Gasteiger charge is -2.36. The summed E-state index contributed by atoms with van der Waals surface area (Å²) in [7, 11) is 2.31. The summed E-state index contributed by atoms with van der Waals surface area (Å²) in [5, 5.41) is 0. The van der Waals surface area contributed by atoms with E-state index in [4.69, 9.17) is 0 Å². The van der Waals surface area contributed by atoms with Gasteiger partial charge in [0.15, 0.2) is 0 Å². The fourth-order valence-electron chi connectivity index (χ4n) is 3.52. The van der Waals surface area contributed by atoms with E-state index in [2.05, 4.69) is 43.1 Å². The highest BCUT2D eigenvalue weighted by atomic mass is 15.2. The van der Waals surface area contributed by atoms with E-state index in [1.807, 2.05) is 0 Å². The van der Waals surface area contributed by atoms with Crippen molar-refractivity contribution in [2.24, 2.45) is 0 Å². The Morgan fingerprint density at radius 3 is 2.12 bits per heavy atom. The molecule has 16 heavy (non-hydrogen) atoms. The van der Waals surface area contributed by atoms with E-state index in [1.165, 1.54) is 31.2 Å². The van der Waals surface area contributed by atoms with Crippen LogP contribution in [0.15, 0.2) is 24.3 Å². The summed E-state index contributed by atoms with van der Waals surface area (Å²) >= 11 is 0. The van der Waals surface area contributed by atoms with Crippen LogP contribution in [0, 0.1) is 6.92 Å². The largest absolute Gasteiger partial charge is 0.300 e. The second-order valence-corrected chi connectivity index (χ2v) is 5.63. The molecular weight excluding hydrogens is 194 g/mol. The Kier molecular flexibility index (Phi) is 2.51. The van der Waals surface area contributed by atoms with Gasteiger partial charge >= 0.3 is 0 Å². The second kappa shape index (κ2) is 3.89. The van der Waals surface area contributed by atoms with E-state index in [1.54, 1.807) is 5.56 Å². The van der Waals surface area contributed by atoms with Crippen molar-refractivity contribution in [3.63, 3.8) is 0 Å². The normalized spacial score (nSPS) is 34.2. The Labute approximate surface area is 98.5 Å². The van der Waals surface area contributed by atoms with Crippen molar-refractivity contribution in [1.29, 1.82) is 0 Å². The van der Waals surface area contributed by atoms with Crippen LogP contribution in [0.4, 0.5) is 0 Å². The van der Waals surface area contributed by atoms with Gasteiger partial charge in [-0.2, -0.15) is 0 Å². The predicted molar refractivity (Wildman–Crippen MR) is 67.7 cm³/mol. The van der Waals surface area contributed by atoms with Gasteiger partial charge in [0.25, 0.3) is 0 Å². The molecule has 0 aliphatic carbocycles. The average Bonchev–Trinajstić information content (AvgIpc) is 2.54. The topological polar surface area (TPSA) is 3.24 Å². The van der Waals surface area contributed by atoms with Crippen LogP contribution in [0.3, 0.4) is 0 Å². The summed E-state index contributed by atoms with van der Waals surface area (Å²) in [6.45, 7) is 2.17. The SMILES string of the molecule is Cc1ccc([C@@H]2CC3CC[C@H](C2)N3C)cc1. The van der Waals surface area contributed by atoms with Crippen LogP contribution in [-0.2, 0) is 0 Å². The molecule has 1 aromatic rings. The third-order valence-corrected chi connectivity index (χ3v) is 4.65. The van der Waals surface area contributed by atoms with Gasteiger partial charge in [-0.3, -0.25) is 0 Å². The summed E-state index contributed by atoms with van der Waals surface area (Å²) in [6, 6.07) is 10.9. The molecule has 0 spiro atoms. The zero-order chi connectivity index (χ0) is 11.1. The van der Waals surface area contributed by atoms with Crippen LogP contribution in [-0.4, -0.2) is 24.0 Å². The van der Waals surface area contributed by atoms with Crippen molar-refractivity contribution in [1.82, 2.24) is 4.90 Å². The van der Waals surface area contributed by atoms with Crippen molar-refractivity contribution in [2.45, 2.75) is 50.6 Å². The van der Waals surface area contributed by atoms with E-state index in [0.717, 1.165) is 18.0 Å². The molecule has 0 amide bonds. The molecule has 1 aromatic carbocycles. The zero-order valence-electron chi connectivity index (χ0n) is 10.3. The number of nitrogens with zero attached hydrogens (tertiary/aromatic N) is 1. The third kappa shape index (κ3) is 1.67. The molecule has 2 aliphatic rings. The first-order valence-electron chi connectivity index (χ1n) is 6.52. The van der Waals surface area contributed by atoms with Gasteiger partial charge in [0.1, 0.15) is 0 Å². The van der Waals surface area contributed by atoms with Gasteiger partial charge in [0.2, 0.25) is 0 Å². The highest BCUT2D eigenvalue weighted by Crippen LogP contribution is 2.41. The van der Waals surface area contributed by atoms with Crippen molar-refractivity contribution in [3.8, 4) is 0 Å². The fraction of sp³-hybridized carbons (Fsp3) is 0.600. The van der Waals surface area contributed by atoms with Crippen molar-refractivity contribution in [2.75, 3.05) is 7.05 Å². The summed E-state index contributed by atoms with van der Waals surface area (Å²) in [4.78, 5) is 2.62. The minimum absolute atomic E-state index is 0.814. The van der Waals surface area contributed by atoms with Gasteiger partial charge in [-0.1, -0.05) is 29.8 Å². The van der Waals surface area contributed by atoms with Crippen LogP contribution < -0.4 is 0 Å². The maximum Gasteiger partial charge on any atom is 0.0102 e. The number of piperidine rings is 1. The minimum atomic E-state index is 0.814. The number of aryl methyl sites for hydroxylation is 1. The Balaban J connectivity index is 1.80. The monoisotopic (exact) mass is 215 g/mol. The van der Waals surface area contributed by atoms with Crippen molar-refractivity contribution in [3.05, 3.63) is 35.4 Å². The van der Waals surface area contributed by atoms with Crippen LogP contribution >= 0.6 is 0 Å². The predicted octanol–water partition coefficient (Wildman–Crippen LogP) is 3.34. The van der Waals surface area contributed by atoms with Gasteiger partial charge < -0.3 is 4.90 Å². The quantitative estimate of drug-likeness (QED) is 0.694. The molecule has 2 heterocycles. The highest BCUT2D eigenvalue weighted by Gasteiger charge is 2.38. The van der Waals surface area contributed by atoms with Gasteiger partial charge in [0, 0.05) is 12.1 Å². The Bertz CT molecular complexity index is 354. The molecule has 1 heteroatoms. The lowest BCUT2D eigenvalue weighted by atomic mass is 9.85. The maximum atomic E-state index is 2.62. The number of benzene rings is 1. The first-order chi connectivity index (χ1) is 7.74. The van der Waals surface area contributed by atoms with Crippen molar-refractivity contribution < 1.29 is 0 Å². The summed E-state index contributed by atoms with van der Waals surface area (Å²) < 4.78 is 0. The Hall–Kier alpha value is -0.820. The van der Waals surface area contributed by atoms with E-state index >= 15 is 0 Å². The van der Waals surface area contributed by atoms with E-state index in [9.17, 15) is 0 Å². The second-order valence-electron chi connectivity index (χ2n) is 5.63. The molecule has 86 valence electrons. The summed E-state index contributed by atoms with van der Waals surface area (Å²) in [5.74, 6) is 0.814. The van der Waals surface area contributed by atoms with Gasteiger partial charge in [-0.05, 0) is 51.1 Å². The molecule has 3 rings (SSSR count). The Morgan fingerprint density at radius 1 is 1.00 bits per heavy atom. The summed E-state index contributed by atoms with van der Waals surface area (Å²) in [5.41, 5.74) is 2.94. The molecule has 2 bridgehead atoms. The third-order valence-electron chi connectivity index (χ3n) is 4.65. The van der Waals surface area contributed by atoms with Crippen LogP contribution in [0.2, 0.25) is 0 Å². The summed E-state index contributed by atoms with van der Waals surface area (Å²) in [6.07, 6.45) is 5.58. The molecule has 3 atom stereocenters. The molecular formula is C15H21N. The van der Waals surface area contributed by atoms with E-state index in [-0.39, 0.29) is 0 Å². The number of hydrogen-bond donors (Lipinski definition) is 0. The molecule has 0 N–H and O–H groups in total. The van der Waals surface area contributed by atoms with Gasteiger partial charge in [0.05, 0.1) is 0 Å². The first-order valence-corrected chi connectivity index (χ1v) is 6.52.